The molecule has 3 aromatic rings. The highest BCUT2D eigenvalue weighted by atomic mass is 19.3. The summed E-state index contributed by atoms with van der Waals surface area (Å²) in [5, 5.41) is 11.4. The lowest BCUT2D eigenvalue weighted by atomic mass is 9.85. The number of halogens is 2. The number of aromatic nitrogens is 3. The summed E-state index contributed by atoms with van der Waals surface area (Å²) in [4.78, 5) is 12.7. The minimum Gasteiger partial charge on any atom is -0.435 e. The molecular weight excluding hydrogens is 406 g/mol. The van der Waals surface area contributed by atoms with Gasteiger partial charge < -0.3 is 14.6 Å². The Morgan fingerprint density at radius 2 is 2.23 bits per heavy atom. The first-order chi connectivity index (χ1) is 14.9. The fourth-order valence-electron chi connectivity index (χ4n) is 3.99. The Balaban J connectivity index is 1.57. The van der Waals surface area contributed by atoms with Gasteiger partial charge in [-0.15, -0.1) is 0 Å². The van der Waals surface area contributed by atoms with Gasteiger partial charge >= 0.3 is 6.61 Å². The Bertz CT molecular complexity index is 1050. The molecule has 31 heavy (non-hydrogen) atoms. The van der Waals surface area contributed by atoms with Gasteiger partial charge in [0.15, 0.2) is 0 Å². The fourth-order valence-corrected chi connectivity index (χ4v) is 3.99. The number of hydrogen-bond acceptors (Lipinski definition) is 5. The van der Waals surface area contributed by atoms with Gasteiger partial charge in [-0.05, 0) is 38.8 Å². The summed E-state index contributed by atoms with van der Waals surface area (Å²) in [6, 6.07) is 6.69. The van der Waals surface area contributed by atoms with Crippen molar-refractivity contribution in [2.45, 2.75) is 52.3 Å². The van der Waals surface area contributed by atoms with Gasteiger partial charge in [0.2, 0.25) is 5.91 Å². The van der Waals surface area contributed by atoms with Crippen molar-refractivity contribution in [2.24, 2.45) is 5.92 Å². The summed E-state index contributed by atoms with van der Waals surface area (Å²) < 4.78 is 36.5. The van der Waals surface area contributed by atoms with Gasteiger partial charge in [-0.1, -0.05) is 17.3 Å². The third-order valence-corrected chi connectivity index (χ3v) is 5.44. The van der Waals surface area contributed by atoms with Crippen LogP contribution < -0.4 is 10.1 Å². The van der Waals surface area contributed by atoms with Crippen molar-refractivity contribution >= 4 is 5.91 Å². The van der Waals surface area contributed by atoms with Crippen LogP contribution in [0.5, 0.6) is 5.75 Å². The van der Waals surface area contributed by atoms with E-state index in [4.69, 9.17) is 9.62 Å². The summed E-state index contributed by atoms with van der Waals surface area (Å²) in [6.45, 7) is 1.55. The van der Waals surface area contributed by atoms with Gasteiger partial charge in [0.1, 0.15) is 12.0 Å². The summed E-state index contributed by atoms with van der Waals surface area (Å²) in [5.41, 5.74) is 4.37. The van der Waals surface area contributed by atoms with E-state index in [9.17, 15) is 13.6 Å². The van der Waals surface area contributed by atoms with E-state index in [2.05, 4.69) is 15.2 Å². The van der Waals surface area contributed by atoms with E-state index in [0.717, 1.165) is 28.1 Å². The molecule has 4 rings (SSSR count). The Labute approximate surface area is 178 Å². The first-order valence-corrected chi connectivity index (χ1v) is 10.2. The lowest BCUT2D eigenvalue weighted by Crippen LogP contribution is -2.34. The second-order valence-electron chi connectivity index (χ2n) is 7.91. The Morgan fingerprint density at radius 1 is 1.39 bits per heavy atom. The minimum absolute atomic E-state index is 0.0164. The van der Waals surface area contributed by atoms with Crippen molar-refractivity contribution < 1.29 is 22.8 Å². The van der Waals surface area contributed by atoms with Crippen LogP contribution in [0.4, 0.5) is 8.78 Å². The number of nitrogens with one attached hydrogen (secondary N) is 1. The zero-order chi connectivity index (χ0) is 22.0. The molecule has 1 unspecified atom stereocenters. The minimum atomic E-state index is -2.88. The van der Waals surface area contributed by atoms with Gasteiger partial charge in [-0.2, -0.15) is 13.9 Å². The zero-order valence-corrected chi connectivity index (χ0v) is 17.3. The van der Waals surface area contributed by atoms with E-state index in [1.54, 1.807) is 18.3 Å². The van der Waals surface area contributed by atoms with Crippen LogP contribution in [-0.2, 0) is 24.2 Å². The molecule has 0 radical (unpaired) electrons. The van der Waals surface area contributed by atoms with Crippen molar-refractivity contribution in [3.05, 3.63) is 53.5 Å². The molecule has 2 aromatic heterocycles. The van der Waals surface area contributed by atoms with E-state index < -0.39 is 6.61 Å². The number of ether oxygens (including phenoxy) is 1. The molecule has 0 aliphatic heterocycles. The van der Waals surface area contributed by atoms with Crippen molar-refractivity contribution in [2.75, 3.05) is 0 Å². The summed E-state index contributed by atoms with van der Waals surface area (Å²) >= 11 is 0. The van der Waals surface area contributed by atoms with Crippen LogP contribution in [0, 0.1) is 5.92 Å². The molecule has 0 fully saturated rings. The maximum absolute atomic E-state index is 12.7. The second-order valence-corrected chi connectivity index (χ2v) is 7.91. The molecule has 1 N–H and O–H groups in total. The number of carbonyl (C=O) groups is 1. The van der Waals surface area contributed by atoms with Gasteiger partial charge in [0.25, 0.3) is 0 Å². The maximum Gasteiger partial charge on any atom is 0.387 e. The average molecular weight is 430 g/mol. The normalized spacial score (nSPS) is 15.9. The molecule has 0 saturated heterocycles. The molecule has 9 heteroatoms. The third-order valence-electron chi connectivity index (χ3n) is 5.44. The molecule has 7 nitrogen and oxygen atoms in total. The van der Waals surface area contributed by atoms with E-state index in [-0.39, 0.29) is 23.6 Å². The number of alkyl halides is 2. The topological polar surface area (TPSA) is 82.2 Å². The van der Waals surface area contributed by atoms with Crippen LogP contribution in [0.25, 0.3) is 11.3 Å². The monoisotopic (exact) mass is 430 g/mol. The van der Waals surface area contributed by atoms with Crippen LogP contribution in [0.2, 0.25) is 0 Å². The van der Waals surface area contributed by atoms with E-state index >= 15 is 0 Å². The standard InChI is InChI=1S/C22H24F2N4O3/c1-13(2)28-19-9-16(21(29)25-10-14-11-26-30-12-14)6-7-18(19)20(27-28)15-4-3-5-17(8-15)31-22(23)24/h3-5,8,11-13,16,22H,6-7,9-10H2,1-2H3,(H,25,29). The Hall–Kier alpha value is -3.23. The number of rotatable bonds is 7. The molecule has 0 bridgehead atoms. The first kappa shape index (κ1) is 21.0. The van der Waals surface area contributed by atoms with Crippen molar-refractivity contribution in [1.82, 2.24) is 20.3 Å². The molecule has 0 saturated carbocycles. The maximum atomic E-state index is 12.7. The van der Waals surface area contributed by atoms with Crippen LogP contribution in [0.3, 0.4) is 0 Å². The molecule has 1 atom stereocenters. The number of carbonyl (C=O) groups excluding carboxylic acids is 1. The lowest BCUT2D eigenvalue weighted by Gasteiger charge is -2.24. The summed E-state index contributed by atoms with van der Waals surface area (Å²) in [5.74, 6) is -0.0812. The van der Waals surface area contributed by atoms with E-state index in [1.807, 2.05) is 24.6 Å². The SMILES string of the molecule is CC(C)n1nc(-c2cccc(OC(F)F)c2)c2c1CC(C(=O)NCc1cnoc1)CC2. The Kier molecular flexibility index (Phi) is 6.01. The Morgan fingerprint density at radius 3 is 2.94 bits per heavy atom. The van der Waals surface area contributed by atoms with Crippen LogP contribution >= 0.6 is 0 Å². The molecule has 2 heterocycles. The lowest BCUT2D eigenvalue weighted by molar-refractivity contribution is -0.125. The van der Waals surface area contributed by atoms with Crippen molar-refractivity contribution in [3.8, 4) is 17.0 Å². The molecule has 1 aromatic carbocycles. The molecule has 0 spiro atoms. The molecule has 1 aliphatic carbocycles. The first-order valence-electron chi connectivity index (χ1n) is 10.2. The van der Waals surface area contributed by atoms with Crippen molar-refractivity contribution in [3.63, 3.8) is 0 Å². The fraction of sp³-hybridized carbons (Fsp3) is 0.409. The predicted octanol–water partition coefficient (Wildman–Crippen LogP) is 4.14. The largest absolute Gasteiger partial charge is 0.435 e. The van der Waals surface area contributed by atoms with Crippen LogP contribution in [-0.4, -0.2) is 27.5 Å². The van der Waals surface area contributed by atoms with Crippen LogP contribution in [0.1, 0.15) is 43.1 Å². The predicted molar refractivity (Wildman–Crippen MR) is 109 cm³/mol. The number of amides is 1. The number of hydrogen-bond donors (Lipinski definition) is 1. The quantitative estimate of drug-likeness (QED) is 0.609. The second kappa shape index (κ2) is 8.87. The number of nitrogens with zero attached hydrogens (tertiary/aromatic N) is 3. The smallest absolute Gasteiger partial charge is 0.387 e. The van der Waals surface area contributed by atoms with E-state index in [0.29, 0.717) is 25.8 Å². The van der Waals surface area contributed by atoms with E-state index in [1.165, 1.54) is 12.3 Å². The highest BCUT2D eigenvalue weighted by Crippen LogP contribution is 2.36. The molecular formula is C22H24F2N4O3. The number of fused-ring (bicyclic) bond motifs is 1. The van der Waals surface area contributed by atoms with Gasteiger partial charge in [0, 0.05) is 47.3 Å². The van der Waals surface area contributed by atoms with Gasteiger partial charge in [-0.25, -0.2) is 0 Å². The highest BCUT2D eigenvalue weighted by molar-refractivity contribution is 5.79. The zero-order valence-electron chi connectivity index (χ0n) is 17.3. The summed E-state index contributed by atoms with van der Waals surface area (Å²) in [6.07, 6.45) is 5.02. The molecule has 164 valence electrons. The summed E-state index contributed by atoms with van der Waals surface area (Å²) in [7, 11) is 0. The van der Waals surface area contributed by atoms with Gasteiger partial charge in [0.05, 0.1) is 11.9 Å². The van der Waals surface area contributed by atoms with Crippen LogP contribution in [0.15, 0.2) is 41.2 Å². The number of benzene rings is 1. The highest BCUT2D eigenvalue weighted by Gasteiger charge is 2.31. The van der Waals surface area contributed by atoms with Gasteiger partial charge in [-0.3, -0.25) is 9.48 Å². The van der Waals surface area contributed by atoms with Crippen molar-refractivity contribution in [1.29, 1.82) is 0 Å². The molecule has 1 amide bonds. The third kappa shape index (κ3) is 4.60. The average Bonchev–Trinajstić information content (AvgIpc) is 3.39. The molecule has 1 aliphatic rings.